The summed E-state index contributed by atoms with van der Waals surface area (Å²) in [6.07, 6.45) is -2.38. The molecule has 1 N–H and O–H groups in total. The molecule has 0 aliphatic carbocycles. The van der Waals surface area contributed by atoms with Gasteiger partial charge < -0.3 is 10.1 Å². The van der Waals surface area contributed by atoms with Crippen LogP contribution in [0.2, 0.25) is 0 Å². The minimum absolute atomic E-state index is 0. The SMILES string of the molecule is CCOc1ccc([C@@H](C(F)F)N2CCNCC2)cc1.Cl.Cl. The van der Waals surface area contributed by atoms with Gasteiger partial charge in [-0.25, -0.2) is 8.78 Å². The summed E-state index contributed by atoms with van der Waals surface area (Å²) in [6, 6.07) is 6.18. The van der Waals surface area contributed by atoms with Crippen molar-refractivity contribution in [3.63, 3.8) is 0 Å². The van der Waals surface area contributed by atoms with Crippen LogP contribution in [0.5, 0.6) is 5.75 Å². The molecular weight excluding hydrogens is 321 g/mol. The van der Waals surface area contributed by atoms with E-state index in [9.17, 15) is 8.78 Å². The van der Waals surface area contributed by atoms with Crippen LogP contribution in [0, 0.1) is 0 Å². The normalized spacial score (nSPS) is 16.8. The van der Waals surface area contributed by atoms with Crippen molar-refractivity contribution in [3.05, 3.63) is 29.8 Å². The first-order valence-corrected chi connectivity index (χ1v) is 6.68. The van der Waals surface area contributed by atoms with Crippen LogP contribution in [-0.2, 0) is 0 Å². The molecule has 1 atom stereocenters. The Hall–Kier alpha value is -0.620. The lowest BCUT2D eigenvalue weighted by molar-refractivity contribution is 0.0181. The Bertz CT molecular complexity index is 387. The molecule has 0 bridgehead atoms. The lowest BCUT2D eigenvalue weighted by atomic mass is 10.0. The van der Waals surface area contributed by atoms with E-state index in [0.717, 1.165) is 18.8 Å². The summed E-state index contributed by atoms with van der Waals surface area (Å²) < 4.78 is 32.0. The van der Waals surface area contributed by atoms with E-state index in [4.69, 9.17) is 4.74 Å². The Morgan fingerprint density at radius 2 is 1.71 bits per heavy atom. The van der Waals surface area contributed by atoms with E-state index in [0.29, 0.717) is 25.3 Å². The number of nitrogens with one attached hydrogen (secondary N) is 1. The van der Waals surface area contributed by atoms with Crippen LogP contribution in [0.15, 0.2) is 24.3 Å². The molecule has 1 saturated heterocycles. The molecule has 0 spiro atoms. The fourth-order valence-electron chi connectivity index (χ4n) is 2.40. The van der Waals surface area contributed by atoms with E-state index >= 15 is 0 Å². The highest BCUT2D eigenvalue weighted by Gasteiger charge is 2.29. The summed E-state index contributed by atoms with van der Waals surface area (Å²) in [5, 5.41) is 3.18. The average Bonchev–Trinajstić information content (AvgIpc) is 2.42. The second-order valence-corrected chi connectivity index (χ2v) is 4.57. The van der Waals surface area contributed by atoms with Gasteiger partial charge in [-0.2, -0.15) is 0 Å². The molecule has 0 saturated carbocycles. The number of nitrogens with zero attached hydrogens (tertiary/aromatic N) is 1. The van der Waals surface area contributed by atoms with E-state index in [2.05, 4.69) is 5.32 Å². The monoisotopic (exact) mass is 342 g/mol. The maximum Gasteiger partial charge on any atom is 0.258 e. The number of ether oxygens (including phenoxy) is 1. The summed E-state index contributed by atoms with van der Waals surface area (Å²) in [5.41, 5.74) is 0.653. The molecule has 1 aromatic rings. The number of benzene rings is 1. The maximum atomic E-state index is 13.3. The van der Waals surface area contributed by atoms with Crippen molar-refractivity contribution < 1.29 is 13.5 Å². The van der Waals surface area contributed by atoms with Crippen LogP contribution in [0.4, 0.5) is 8.78 Å². The van der Waals surface area contributed by atoms with Crippen molar-refractivity contribution in [1.82, 2.24) is 10.2 Å². The molecule has 1 fully saturated rings. The van der Waals surface area contributed by atoms with Gasteiger partial charge in [0.15, 0.2) is 0 Å². The fraction of sp³-hybridized carbons (Fsp3) is 0.571. The molecule has 3 nitrogen and oxygen atoms in total. The van der Waals surface area contributed by atoms with Crippen LogP contribution >= 0.6 is 24.8 Å². The Balaban J connectivity index is 0.00000200. The molecule has 0 amide bonds. The number of rotatable bonds is 5. The second kappa shape index (κ2) is 10.2. The van der Waals surface area contributed by atoms with Gasteiger partial charge in [0, 0.05) is 26.2 Å². The Morgan fingerprint density at radius 3 is 2.19 bits per heavy atom. The number of piperazine rings is 1. The zero-order valence-electron chi connectivity index (χ0n) is 11.9. The third-order valence-corrected chi connectivity index (χ3v) is 3.32. The molecule has 21 heavy (non-hydrogen) atoms. The lowest BCUT2D eigenvalue weighted by Crippen LogP contribution is -2.46. The molecule has 2 rings (SSSR count). The van der Waals surface area contributed by atoms with Crippen LogP contribution in [0.1, 0.15) is 18.5 Å². The Morgan fingerprint density at radius 1 is 1.14 bits per heavy atom. The van der Waals surface area contributed by atoms with Gasteiger partial charge in [-0.1, -0.05) is 12.1 Å². The lowest BCUT2D eigenvalue weighted by Gasteiger charge is -2.34. The van der Waals surface area contributed by atoms with Crippen LogP contribution in [0.25, 0.3) is 0 Å². The molecule has 1 aromatic carbocycles. The summed E-state index contributed by atoms with van der Waals surface area (Å²) >= 11 is 0. The molecule has 122 valence electrons. The van der Waals surface area contributed by atoms with Gasteiger partial charge in [-0.05, 0) is 24.6 Å². The van der Waals surface area contributed by atoms with Gasteiger partial charge in [-0.3, -0.25) is 4.90 Å². The fourth-order valence-corrected chi connectivity index (χ4v) is 2.40. The average molecular weight is 343 g/mol. The summed E-state index contributed by atoms with van der Waals surface area (Å²) in [6.45, 7) is 5.32. The van der Waals surface area contributed by atoms with E-state index in [-0.39, 0.29) is 24.8 Å². The third-order valence-electron chi connectivity index (χ3n) is 3.32. The molecule has 0 aromatic heterocycles. The highest BCUT2D eigenvalue weighted by molar-refractivity contribution is 5.85. The minimum Gasteiger partial charge on any atom is -0.494 e. The van der Waals surface area contributed by atoms with Crippen molar-refractivity contribution in [2.24, 2.45) is 0 Å². The van der Waals surface area contributed by atoms with Crippen molar-refractivity contribution in [2.75, 3.05) is 32.8 Å². The molecule has 1 aliphatic rings. The topological polar surface area (TPSA) is 24.5 Å². The van der Waals surface area contributed by atoms with Crippen LogP contribution in [0.3, 0.4) is 0 Å². The second-order valence-electron chi connectivity index (χ2n) is 4.57. The van der Waals surface area contributed by atoms with Crippen molar-refractivity contribution >= 4 is 24.8 Å². The Kier molecular flexibility index (Phi) is 9.86. The molecule has 1 heterocycles. The van der Waals surface area contributed by atoms with Gasteiger partial charge in [0.05, 0.1) is 12.6 Å². The van der Waals surface area contributed by atoms with Gasteiger partial charge >= 0.3 is 0 Å². The van der Waals surface area contributed by atoms with Crippen LogP contribution < -0.4 is 10.1 Å². The van der Waals surface area contributed by atoms with E-state index in [1.807, 2.05) is 11.8 Å². The van der Waals surface area contributed by atoms with E-state index in [1.54, 1.807) is 24.3 Å². The largest absolute Gasteiger partial charge is 0.494 e. The number of hydrogen-bond acceptors (Lipinski definition) is 3. The van der Waals surface area contributed by atoms with Gasteiger partial charge in [0.1, 0.15) is 5.75 Å². The summed E-state index contributed by atoms with van der Waals surface area (Å²) in [7, 11) is 0. The Labute approximate surface area is 136 Å². The zero-order valence-corrected chi connectivity index (χ0v) is 13.6. The molecule has 0 radical (unpaired) electrons. The first-order chi connectivity index (χ1) is 9.22. The zero-order chi connectivity index (χ0) is 13.7. The number of alkyl halides is 2. The van der Waals surface area contributed by atoms with Crippen LogP contribution in [-0.4, -0.2) is 44.1 Å². The van der Waals surface area contributed by atoms with Gasteiger partial charge in [0.2, 0.25) is 0 Å². The predicted octanol–water partition coefficient (Wildman–Crippen LogP) is 3.14. The third kappa shape index (κ3) is 5.58. The first kappa shape index (κ1) is 20.4. The van der Waals surface area contributed by atoms with Gasteiger partial charge in [-0.15, -0.1) is 24.8 Å². The summed E-state index contributed by atoms with van der Waals surface area (Å²) in [5.74, 6) is 0.722. The molecule has 0 unspecified atom stereocenters. The predicted molar refractivity (Wildman–Crippen MR) is 85.3 cm³/mol. The molecular formula is C14H22Cl2F2N2O. The smallest absolute Gasteiger partial charge is 0.258 e. The van der Waals surface area contributed by atoms with Crippen molar-refractivity contribution in [2.45, 2.75) is 19.4 Å². The highest BCUT2D eigenvalue weighted by atomic mass is 35.5. The minimum atomic E-state index is -2.38. The maximum absolute atomic E-state index is 13.3. The van der Waals surface area contributed by atoms with E-state index < -0.39 is 12.5 Å². The highest BCUT2D eigenvalue weighted by Crippen LogP contribution is 2.29. The number of halogens is 4. The molecule has 1 aliphatic heterocycles. The molecule has 7 heteroatoms. The standard InChI is InChI=1S/C14H20F2N2O.2ClH/c1-2-19-12-5-3-11(4-6-12)13(14(15)16)18-9-7-17-8-10-18;;/h3-6,13-14,17H,2,7-10H2,1H3;2*1H/t13-;;/m0../s1. The first-order valence-electron chi connectivity index (χ1n) is 6.68. The van der Waals surface area contributed by atoms with Crippen molar-refractivity contribution in [1.29, 1.82) is 0 Å². The quantitative estimate of drug-likeness (QED) is 0.889. The number of hydrogen-bond donors (Lipinski definition) is 1. The van der Waals surface area contributed by atoms with E-state index in [1.165, 1.54) is 0 Å². The van der Waals surface area contributed by atoms with Gasteiger partial charge in [0.25, 0.3) is 6.43 Å². The summed E-state index contributed by atoms with van der Waals surface area (Å²) in [4.78, 5) is 1.84. The van der Waals surface area contributed by atoms with Crippen molar-refractivity contribution in [3.8, 4) is 5.75 Å².